The molecule has 4 heterocycles. The molecule has 0 N–H and O–H groups in total. The molecule has 2 aliphatic heterocycles. The van der Waals surface area contributed by atoms with E-state index in [1.165, 1.54) is 30.1 Å². The molecule has 0 amide bonds. The second-order valence-electron chi connectivity index (χ2n) is 9.33. The van der Waals surface area contributed by atoms with Crippen LogP contribution >= 0.6 is 35.0 Å². The van der Waals surface area contributed by atoms with Crippen molar-refractivity contribution in [2.45, 2.75) is 41.0 Å². The molecule has 0 saturated carbocycles. The van der Waals surface area contributed by atoms with E-state index in [2.05, 4.69) is 20.1 Å². The van der Waals surface area contributed by atoms with E-state index < -0.39 is 41.9 Å². The normalized spacial score (nSPS) is 25.8. The van der Waals surface area contributed by atoms with Crippen LogP contribution in [0.1, 0.15) is 17.9 Å². The molecule has 13 heteroatoms. The van der Waals surface area contributed by atoms with Crippen molar-refractivity contribution in [3.8, 4) is 11.3 Å². The summed E-state index contributed by atoms with van der Waals surface area (Å²) in [5.41, 5.74) is 1.21. The zero-order valence-electron chi connectivity index (χ0n) is 21.4. The largest absolute Gasteiger partial charge is 0.375 e. The van der Waals surface area contributed by atoms with Crippen LogP contribution in [0.3, 0.4) is 0 Å². The molecule has 9 nitrogen and oxygen atoms in total. The lowest BCUT2D eigenvalue weighted by atomic mass is 9.95. The van der Waals surface area contributed by atoms with Gasteiger partial charge in [-0.05, 0) is 18.2 Å². The van der Waals surface area contributed by atoms with Crippen LogP contribution in [-0.4, -0.2) is 57.4 Å². The molecule has 6 rings (SSSR count). The molecule has 0 radical (unpaired) electrons. The summed E-state index contributed by atoms with van der Waals surface area (Å²) in [5, 5.41) is 9.13. The Balaban J connectivity index is 1.38. The molecular formula is C28H22Cl2FN5O4S. The Morgan fingerprint density at radius 1 is 1.15 bits per heavy atom. The first-order valence-corrected chi connectivity index (χ1v) is 14.2. The zero-order chi connectivity index (χ0) is 28.5. The Labute approximate surface area is 249 Å². The number of hydrogen-bond acceptors (Lipinski definition) is 8. The van der Waals surface area contributed by atoms with Gasteiger partial charge >= 0.3 is 0 Å². The van der Waals surface area contributed by atoms with Crippen LogP contribution in [0.15, 0.2) is 71.9 Å². The smallest absolute Gasteiger partial charge is 0.283 e. The maximum atomic E-state index is 14.2. The lowest BCUT2D eigenvalue weighted by Gasteiger charge is -2.48. The third-order valence-electron chi connectivity index (χ3n) is 6.83. The minimum Gasteiger partial charge on any atom is -0.375 e. The second kappa shape index (κ2) is 12.0. The van der Waals surface area contributed by atoms with E-state index in [1.54, 1.807) is 30.1 Å². The van der Waals surface area contributed by atoms with Crippen LogP contribution in [-0.2, 0) is 18.9 Å². The lowest BCUT2D eigenvalue weighted by molar-refractivity contribution is -0.308. The monoisotopic (exact) mass is 613 g/mol. The van der Waals surface area contributed by atoms with Crippen molar-refractivity contribution in [1.82, 2.24) is 20.0 Å². The Morgan fingerprint density at radius 3 is 2.73 bits per heavy atom. The quantitative estimate of drug-likeness (QED) is 0.227. The Kier molecular flexibility index (Phi) is 8.23. The molecule has 2 saturated heterocycles. The van der Waals surface area contributed by atoms with E-state index in [9.17, 15) is 4.39 Å². The van der Waals surface area contributed by atoms with Gasteiger partial charge < -0.3 is 23.8 Å². The van der Waals surface area contributed by atoms with Gasteiger partial charge in [0.25, 0.3) is 5.82 Å². The highest BCUT2D eigenvalue weighted by Crippen LogP contribution is 2.46. The van der Waals surface area contributed by atoms with Crippen LogP contribution in [0.25, 0.3) is 16.1 Å². The van der Waals surface area contributed by atoms with E-state index in [4.69, 9.17) is 48.7 Å². The molecule has 210 valence electrons. The summed E-state index contributed by atoms with van der Waals surface area (Å²) in [6.45, 7) is 7.78. The van der Waals surface area contributed by atoms with Crippen molar-refractivity contribution in [3.05, 3.63) is 99.8 Å². The number of ether oxygens (including phenoxy) is 4. The number of methoxy groups -OCH3 is 1. The molecule has 3 unspecified atom stereocenters. The molecular weight excluding hydrogens is 592 g/mol. The third kappa shape index (κ3) is 5.69. The van der Waals surface area contributed by atoms with Gasteiger partial charge in [0.1, 0.15) is 47.5 Å². The number of rotatable bonds is 6. The molecule has 0 aliphatic carbocycles. The van der Waals surface area contributed by atoms with E-state index in [1.807, 2.05) is 30.3 Å². The Morgan fingerprint density at radius 2 is 1.98 bits per heavy atom. The second-order valence-corrected chi connectivity index (χ2v) is 11.3. The summed E-state index contributed by atoms with van der Waals surface area (Å²) in [7, 11) is 1.57. The molecule has 2 aliphatic rings. The van der Waals surface area contributed by atoms with Gasteiger partial charge in [-0.15, -0.1) is 21.8 Å². The van der Waals surface area contributed by atoms with Crippen LogP contribution < -0.4 is 0 Å². The van der Waals surface area contributed by atoms with Crippen molar-refractivity contribution in [2.75, 3.05) is 13.7 Å². The fourth-order valence-corrected chi connectivity index (χ4v) is 6.51. The maximum absolute atomic E-state index is 14.2. The first kappa shape index (κ1) is 28.1. The highest BCUT2D eigenvalue weighted by Gasteiger charge is 2.52. The number of thioether (sulfide) groups is 1. The van der Waals surface area contributed by atoms with Crippen molar-refractivity contribution in [2.24, 2.45) is 0 Å². The average Bonchev–Trinajstić information content (AvgIpc) is 3.48. The highest BCUT2D eigenvalue weighted by atomic mass is 35.5. The van der Waals surface area contributed by atoms with E-state index in [-0.39, 0.29) is 17.4 Å². The van der Waals surface area contributed by atoms with Gasteiger partial charge in [0.15, 0.2) is 6.29 Å². The first-order chi connectivity index (χ1) is 19.9. The molecule has 41 heavy (non-hydrogen) atoms. The van der Waals surface area contributed by atoms with Gasteiger partial charge in [-0.25, -0.2) is 9.07 Å². The van der Waals surface area contributed by atoms with Crippen molar-refractivity contribution >= 4 is 40.8 Å². The van der Waals surface area contributed by atoms with E-state index in [0.29, 0.717) is 21.2 Å². The number of pyridine rings is 1. The molecule has 6 atom stereocenters. The average molecular weight is 614 g/mol. The molecule has 0 spiro atoms. The molecule has 2 aromatic heterocycles. The summed E-state index contributed by atoms with van der Waals surface area (Å²) in [5.74, 6) is -0.357. The summed E-state index contributed by atoms with van der Waals surface area (Å²) >= 11 is 13.4. The van der Waals surface area contributed by atoms with Gasteiger partial charge in [0.05, 0.1) is 22.8 Å². The van der Waals surface area contributed by atoms with E-state index >= 15 is 0 Å². The predicted octanol–water partition coefficient (Wildman–Crippen LogP) is 6.52. The SMILES string of the molecule is [C-]#[N+]c1ncc(Cl)cc1S[C@H]1OC2COC(c3ccccc3)O[C@@H]2[C@H](n2cc(-c3ccc(Cl)c(F)c3)nn2)C1OC. The standard InChI is InChI=1S/C28H22Cl2FN5O4S/c1-32-26-22(11-17(29)12-33-26)41-28-25(37-2)23(36-13-20(34-35-36)16-8-9-18(30)19(31)10-16)24-21(39-28)14-38-27(40-24)15-6-4-3-5-7-15/h3-13,21,23-25,27-28H,14H2,2H3/t21?,23-,24-,25?,27?,28+/m0/s1. The highest BCUT2D eigenvalue weighted by molar-refractivity contribution is 8.00. The molecule has 0 bridgehead atoms. The number of hydrogen-bond donors (Lipinski definition) is 0. The Bertz CT molecular complexity index is 1590. The molecule has 4 aromatic rings. The zero-order valence-corrected chi connectivity index (χ0v) is 23.8. The third-order valence-corrected chi connectivity index (χ3v) is 8.51. The number of aromatic nitrogens is 4. The minimum atomic E-state index is -0.635. The summed E-state index contributed by atoms with van der Waals surface area (Å²) in [4.78, 5) is 8.22. The lowest BCUT2D eigenvalue weighted by Crippen LogP contribution is -2.59. The van der Waals surface area contributed by atoms with Gasteiger partial charge in [0, 0.05) is 23.1 Å². The van der Waals surface area contributed by atoms with Gasteiger partial charge in [-0.3, -0.25) is 0 Å². The number of fused-ring (bicyclic) bond motifs is 1. The number of nitrogens with zero attached hydrogens (tertiary/aromatic N) is 5. The Hall–Kier alpha value is -3.08. The van der Waals surface area contributed by atoms with Crippen molar-refractivity contribution < 1.29 is 23.3 Å². The van der Waals surface area contributed by atoms with Crippen LogP contribution in [0.5, 0.6) is 0 Å². The summed E-state index contributed by atoms with van der Waals surface area (Å²) in [6.07, 6.45) is 0.828. The van der Waals surface area contributed by atoms with Gasteiger partial charge in [-0.2, -0.15) is 0 Å². The first-order valence-electron chi connectivity index (χ1n) is 12.5. The fraction of sp³-hybridized carbons (Fsp3) is 0.286. The predicted molar refractivity (Wildman–Crippen MR) is 150 cm³/mol. The number of benzene rings is 2. The van der Waals surface area contributed by atoms with Crippen molar-refractivity contribution in [1.29, 1.82) is 0 Å². The van der Waals surface area contributed by atoms with Gasteiger partial charge in [0.2, 0.25) is 0 Å². The summed E-state index contributed by atoms with van der Waals surface area (Å²) < 4.78 is 41.0. The topological polar surface area (TPSA) is 84.9 Å². The minimum absolute atomic E-state index is 0.0181. The van der Waals surface area contributed by atoms with Crippen LogP contribution in [0.4, 0.5) is 10.2 Å². The van der Waals surface area contributed by atoms with Crippen molar-refractivity contribution in [3.63, 3.8) is 0 Å². The van der Waals surface area contributed by atoms with E-state index in [0.717, 1.165) is 5.56 Å². The number of halogens is 3. The van der Waals surface area contributed by atoms with Crippen LogP contribution in [0.2, 0.25) is 10.0 Å². The molecule has 2 aromatic carbocycles. The maximum Gasteiger partial charge on any atom is 0.283 e. The van der Waals surface area contributed by atoms with Gasteiger partial charge in [-0.1, -0.05) is 71.4 Å². The fourth-order valence-electron chi connectivity index (χ4n) is 4.91. The van der Waals surface area contributed by atoms with Crippen LogP contribution in [0, 0.1) is 12.4 Å². The summed E-state index contributed by atoms with van der Waals surface area (Å²) in [6, 6.07) is 15.2. The molecule has 2 fully saturated rings.